The van der Waals surface area contributed by atoms with Crippen LogP contribution in [0.2, 0.25) is 10.0 Å². The van der Waals surface area contributed by atoms with E-state index in [9.17, 15) is 10.1 Å². The van der Waals surface area contributed by atoms with Crippen molar-refractivity contribution in [3.05, 3.63) is 64.3 Å². The van der Waals surface area contributed by atoms with E-state index in [2.05, 4.69) is 10.2 Å². The third-order valence-corrected chi connectivity index (χ3v) is 4.99. The summed E-state index contributed by atoms with van der Waals surface area (Å²) in [5.41, 5.74) is 7.67. The Kier molecular flexibility index (Phi) is 6.30. The molecular weight excluding hydrogens is 397 g/mol. The zero-order chi connectivity index (χ0) is 20.1. The fourth-order valence-electron chi connectivity index (χ4n) is 2.91. The maximum absolute atomic E-state index is 12.4. The van der Waals surface area contributed by atoms with Crippen molar-refractivity contribution in [3.8, 4) is 6.07 Å². The van der Waals surface area contributed by atoms with E-state index in [-0.39, 0.29) is 5.57 Å². The largest absolute Gasteiger partial charge is 0.398 e. The molecule has 8 heteroatoms. The van der Waals surface area contributed by atoms with E-state index in [4.69, 9.17) is 28.9 Å². The van der Waals surface area contributed by atoms with Crippen LogP contribution in [-0.2, 0) is 4.79 Å². The van der Waals surface area contributed by atoms with E-state index in [1.807, 2.05) is 35.2 Å². The summed E-state index contributed by atoms with van der Waals surface area (Å²) in [7, 11) is 0. The number of carbonyl (C=O) groups excluding carboxylic acids is 1. The maximum Gasteiger partial charge on any atom is 0.267 e. The Labute approximate surface area is 173 Å². The lowest BCUT2D eigenvalue weighted by atomic mass is 10.2. The van der Waals surface area contributed by atoms with Crippen molar-refractivity contribution in [3.63, 3.8) is 0 Å². The first kappa shape index (κ1) is 19.9. The van der Waals surface area contributed by atoms with Crippen LogP contribution >= 0.6 is 23.2 Å². The molecule has 0 spiro atoms. The molecule has 1 saturated heterocycles. The SMILES string of the molecule is N#C/C(=C/N1CCN(c2cccc(Cl)c2)CC1)C(=O)Nc1ccc(N)c(Cl)c1. The second-order valence-electron chi connectivity index (χ2n) is 6.35. The molecule has 28 heavy (non-hydrogen) atoms. The number of rotatable bonds is 4. The number of carbonyl (C=O) groups is 1. The number of piperazine rings is 1. The molecule has 6 nitrogen and oxygen atoms in total. The number of nitriles is 1. The van der Waals surface area contributed by atoms with Crippen LogP contribution in [0.15, 0.2) is 54.2 Å². The van der Waals surface area contributed by atoms with Gasteiger partial charge in [-0.25, -0.2) is 0 Å². The lowest BCUT2D eigenvalue weighted by molar-refractivity contribution is -0.112. The van der Waals surface area contributed by atoms with Gasteiger partial charge in [0.1, 0.15) is 11.6 Å². The van der Waals surface area contributed by atoms with Gasteiger partial charge in [-0.2, -0.15) is 5.26 Å². The van der Waals surface area contributed by atoms with E-state index in [0.29, 0.717) is 34.5 Å². The zero-order valence-electron chi connectivity index (χ0n) is 15.0. The predicted molar refractivity (Wildman–Crippen MR) is 113 cm³/mol. The van der Waals surface area contributed by atoms with Crippen molar-refractivity contribution in [2.24, 2.45) is 0 Å². The normalized spacial score (nSPS) is 14.5. The Morgan fingerprint density at radius 3 is 2.54 bits per heavy atom. The molecule has 144 valence electrons. The van der Waals surface area contributed by atoms with Crippen LogP contribution in [0.4, 0.5) is 17.1 Å². The minimum Gasteiger partial charge on any atom is -0.398 e. The van der Waals surface area contributed by atoms with E-state index in [0.717, 1.165) is 18.8 Å². The van der Waals surface area contributed by atoms with E-state index >= 15 is 0 Å². The van der Waals surface area contributed by atoms with Crippen LogP contribution in [0, 0.1) is 11.3 Å². The van der Waals surface area contributed by atoms with Gasteiger partial charge in [0, 0.05) is 48.8 Å². The number of nitrogen functional groups attached to an aromatic ring is 1. The number of nitrogens with one attached hydrogen (secondary N) is 1. The number of benzene rings is 2. The van der Waals surface area contributed by atoms with Crippen molar-refractivity contribution in [2.45, 2.75) is 0 Å². The lowest BCUT2D eigenvalue weighted by Gasteiger charge is -2.35. The van der Waals surface area contributed by atoms with E-state index in [1.54, 1.807) is 24.4 Å². The summed E-state index contributed by atoms with van der Waals surface area (Å²) in [4.78, 5) is 16.6. The van der Waals surface area contributed by atoms with E-state index < -0.39 is 5.91 Å². The molecule has 3 rings (SSSR count). The van der Waals surface area contributed by atoms with Crippen LogP contribution in [0.5, 0.6) is 0 Å². The average molecular weight is 416 g/mol. The molecule has 3 N–H and O–H groups in total. The van der Waals surface area contributed by atoms with Crippen molar-refractivity contribution < 1.29 is 4.79 Å². The number of halogens is 2. The van der Waals surface area contributed by atoms with Gasteiger partial charge in [-0.15, -0.1) is 0 Å². The zero-order valence-corrected chi connectivity index (χ0v) is 16.5. The molecule has 1 heterocycles. The van der Waals surface area contributed by atoms with Crippen molar-refractivity contribution >= 4 is 46.2 Å². The third kappa shape index (κ3) is 4.89. The van der Waals surface area contributed by atoms with Gasteiger partial charge < -0.3 is 20.9 Å². The summed E-state index contributed by atoms with van der Waals surface area (Å²) >= 11 is 12.0. The summed E-state index contributed by atoms with van der Waals surface area (Å²) in [6.45, 7) is 2.92. The van der Waals surface area contributed by atoms with Crippen LogP contribution in [0.3, 0.4) is 0 Å². The number of amides is 1. The van der Waals surface area contributed by atoms with Gasteiger partial charge in [0.2, 0.25) is 0 Å². The first-order chi connectivity index (χ1) is 13.5. The van der Waals surface area contributed by atoms with E-state index in [1.165, 1.54) is 0 Å². The summed E-state index contributed by atoms with van der Waals surface area (Å²) in [6, 6.07) is 14.5. The Balaban J connectivity index is 1.62. The summed E-state index contributed by atoms with van der Waals surface area (Å²) in [6.07, 6.45) is 1.60. The Morgan fingerprint density at radius 1 is 1.14 bits per heavy atom. The number of hydrogen-bond donors (Lipinski definition) is 2. The molecule has 2 aromatic carbocycles. The number of nitrogens with two attached hydrogens (primary N) is 1. The molecule has 0 aliphatic carbocycles. The van der Waals surface area contributed by atoms with Crippen LogP contribution < -0.4 is 16.0 Å². The quantitative estimate of drug-likeness (QED) is 0.451. The number of anilines is 3. The Morgan fingerprint density at radius 2 is 1.89 bits per heavy atom. The van der Waals surface area contributed by atoms with Crippen molar-refractivity contribution in [2.75, 3.05) is 42.1 Å². The summed E-state index contributed by atoms with van der Waals surface area (Å²) in [5.74, 6) is -0.486. The van der Waals surface area contributed by atoms with Gasteiger partial charge in [0.05, 0.1) is 10.7 Å². The molecule has 1 fully saturated rings. The molecule has 0 radical (unpaired) electrons. The fraction of sp³-hybridized carbons (Fsp3) is 0.200. The minimum absolute atomic E-state index is 0.0316. The second kappa shape index (κ2) is 8.87. The topological polar surface area (TPSA) is 85.4 Å². The highest BCUT2D eigenvalue weighted by molar-refractivity contribution is 6.33. The summed E-state index contributed by atoms with van der Waals surface area (Å²) < 4.78 is 0. The van der Waals surface area contributed by atoms with Crippen molar-refractivity contribution in [1.82, 2.24) is 4.90 Å². The standard InChI is InChI=1S/C20H19Cl2N5O/c21-15-2-1-3-17(10-15)27-8-6-26(7-9-27)13-14(12-23)20(28)25-16-4-5-19(24)18(22)11-16/h1-5,10-11,13H,6-9,24H2,(H,25,28)/b14-13-. The minimum atomic E-state index is -0.486. The molecule has 1 amide bonds. The lowest BCUT2D eigenvalue weighted by Crippen LogP contribution is -2.44. The molecule has 2 aromatic rings. The van der Waals surface area contributed by atoms with Gasteiger partial charge in [-0.3, -0.25) is 4.79 Å². The molecule has 1 aliphatic rings. The fourth-order valence-corrected chi connectivity index (χ4v) is 3.27. The van der Waals surface area contributed by atoms with Crippen LogP contribution in [0.1, 0.15) is 0 Å². The number of hydrogen-bond acceptors (Lipinski definition) is 5. The predicted octanol–water partition coefficient (Wildman–Crippen LogP) is 3.74. The van der Waals surface area contributed by atoms with Crippen molar-refractivity contribution in [1.29, 1.82) is 5.26 Å². The first-order valence-electron chi connectivity index (χ1n) is 8.69. The van der Waals surface area contributed by atoms with Gasteiger partial charge in [0.25, 0.3) is 5.91 Å². The highest BCUT2D eigenvalue weighted by atomic mass is 35.5. The van der Waals surface area contributed by atoms with Gasteiger partial charge in [-0.1, -0.05) is 29.3 Å². The number of nitrogens with zero attached hydrogens (tertiary/aromatic N) is 3. The first-order valence-corrected chi connectivity index (χ1v) is 9.45. The monoisotopic (exact) mass is 415 g/mol. The molecule has 1 aliphatic heterocycles. The average Bonchev–Trinajstić information content (AvgIpc) is 2.69. The molecule has 0 unspecified atom stereocenters. The Bertz CT molecular complexity index is 946. The third-order valence-electron chi connectivity index (χ3n) is 4.42. The molecular formula is C20H19Cl2N5O. The van der Waals surface area contributed by atoms with Gasteiger partial charge in [-0.05, 0) is 36.4 Å². The maximum atomic E-state index is 12.4. The summed E-state index contributed by atoms with van der Waals surface area (Å²) in [5, 5.41) is 13.1. The highest BCUT2D eigenvalue weighted by Crippen LogP contribution is 2.23. The Hall–Kier alpha value is -2.88. The smallest absolute Gasteiger partial charge is 0.267 e. The second-order valence-corrected chi connectivity index (χ2v) is 7.19. The van der Waals surface area contributed by atoms with Gasteiger partial charge in [0.15, 0.2) is 0 Å². The highest BCUT2D eigenvalue weighted by Gasteiger charge is 2.18. The van der Waals surface area contributed by atoms with Gasteiger partial charge >= 0.3 is 0 Å². The molecule has 0 bridgehead atoms. The molecule has 0 atom stereocenters. The molecule has 0 aromatic heterocycles. The van der Waals surface area contributed by atoms with Crippen LogP contribution in [-0.4, -0.2) is 37.0 Å². The van der Waals surface area contributed by atoms with Crippen LogP contribution in [0.25, 0.3) is 0 Å². The molecule has 0 saturated carbocycles.